The molecule has 28 heavy (non-hydrogen) atoms. The topological polar surface area (TPSA) is 52.6 Å². The van der Waals surface area contributed by atoms with Crippen molar-refractivity contribution in [2.75, 3.05) is 26.7 Å². The number of likely N-dealkylation sites (tertiary alicyclic amines) is 1. The first kappa shape index (κ1) is 20.3. The molecule has 150 valence electrons. The van der Waals surface area contributed by atoms with Crippen LogP contribution in [0, 0.1) is 5.92 Å². The van der Waals surface area contributed by atoms with Crippen molar-refractivity contribution in [1.29, 1.82) is 0 Å². The standard InChI is InChI=1S/C23H33N5/c1-18(2)17-28-13-10-21(11-14-28)27-23(24-3)26-16-19-7-6-8-20(15-19)22-9-4-5-12-25-22/h4-9,12,15,18,21H,10-11,13-14,16-17H2,1-3H3,(H2,24,26,27). The number of hydrogen-bond acceptors (Lipinski definition) is 3. The summed E-state index contributed by atoms with van der Waals surface area (Å²) in [7, 11) is 1.84. The van der Waals surface area contributed by atoms with Gasteiger partial charge in [-0.3, -0.25) is 9.98 Å². The van der Waals surface area contributed by atoms with Crippen molar-refractivity contribution in [3.63, 3.8) is 0 Å². The summed E-state index contributed by atoms with van der Waals surface area (Å²) < 4.78 is 0. The van der Waals surface area contributed by atoms with Gasteiger partial charge in [0.1, 0.15) is 0 Å². The van der Waals surface area contributed by atoms with E-state index in [1.165, 1.54) is 38.0 Å². The molecule has 1 aromatic carbocycles. The second-order valence-electron chi connectivity index (χ2n) is 7.95. The molecule has 5 heteroatoms. The summed E-state index contributed by atoms with van der Waals surface area (Å²) in [6, 6.07) is 15.0. The maximum Gasteiger partial charge on any atom is 0.191 e. The number of hydrogen-bond donors (Lipinski definition) is 2. The van der Waals surface area contributed by atoms with E-state index >= 15 is 0 Å². The Hall–Kier alpha value is -2.40. The third-order valence-corrected chi connectivity index (χ3v) is 5.12. The van der Waals surface area contributed by atoms with E-state index in [0.29, 0.717) is 6.04 Å². The van der Waals surface area contributed by atoms with Crippen molar-refractivity contribution >= 4 is 5.96 Å². The van der Waals surface area contributed by atoms with E-state index in [2.05, 4.69) is 63.6 Å². The van der Waals surface area contributed by atoms with E-state index in [0.717, 1.165) is 29.7 Å². The molecule has 5 nitrogen and oxygen atoms in total. The first-order chi connectivity index (χ1) is 13.6. The molecule has 1 fully saturated rings. The zero-order valence-corrected chi connectivity index (χ0v) is 17.4. The SMILES string of the molecule is CN=C(NCc1cccc(-c2ccccn2)c1)NC1CCN(CC(C)C)CC1. The van der Waals surface area contributed by atoms with Crippen LogP contribution in [0.5, 0.6) is 0 Å². The Labute approximate surface area is 169 Å². The second-order valence-corrected chi connectivity index (χ2v) is 7.95. The van der Waals surface area contributed by atoms with Crippen LogP contribution in [0.1, 0.15) is 32.3 Å². The van der Waals surface area contributed by atoms with Gasteiger partial charge in [-0.2, -0.15) is 0 Å². The minimum absolute atomic E-state index is 0.495. The predicted octanol–water partition coefficient (Wildman–Crippen LogP) is 3.53. The fraction of sp³-hybridized carbons (Fsp3) is 0.478. The highest BCUT2D eigenvalue weighted by Gasteiger charge is 2.20. The van der Waals surface area contributed by atoms with Gasteiger partial charge in [0.15, 0.2) is 5.96 Å². The summed E-state index contributed by atoms with van der Waals surface area (Å²) in [5.74, 6) is 1.62. The average molecular weight is 380 g/mol. The van der Waals surface area contributed by atoms with Crippen molar-refractivity contribution in [1.82, 2.24) is 20.5 Å². The number of pyridine rings is 1. The molecule has 2 aromatic rings. The van der Waals surface area contributed by atoms with Crippen LogP contribution in [-0.4, -0.2) is 48.6 Å². The van der Waals surface area contributed by atoms with Crippen LogP contribution < -0.4 is 10.6 Å². The monoisotopic (exact) mass is 379 g/mol. The normalized spacial score (nSPS) is 16.4. The predicted molar refractivity (Wildman–Crippen MR) is 117 cm³/mol. The Morgan fingerprint density at radius 2 is 2.00 bits per heavy atom. The number of aliphatic imine (C=N–C) groups is 1. The molecule has 1 aliphatic rings. The molecule has 1 aliphatic heterocycles. The van der Waals surface area contributed by atoms with Gasteiger partial charge >= 0.3 is 0 Å². The smallest absolute Gasteiger partial charge is 0.191 e. The summed E-state index contributed by atoms with van der Waals surface area (Å²) in [6.07, 6.45) is 4.17. The van der Waals surface area contributed by atoms with Crippen molar-refractivity contribution in [3.05, 3.63) is 54.2 Å². The van der Waals surface area contributed by atoms with Crippen molar-refractivity contribution < 1.29 is 0 Å². The molecule has 1 saturated heterocycles. The minimum atomic E-state index is 0.495. The van der Waals surface area contributed by atoms with Crippen LogP contribution in [0.15, 0.2) is 53.7 Å². The largest absolute Gasteiger partial charge is 0.354 e. The molecule has 2 N–H and O–H groups in total. The summed E-state index contributed by atoms with van der Waals surface area (Å²) >= 11 is 0. The van der Waals surface area contributed by atoms with Gasteiger partial charge < -0.3 is 15.5 Å². The molecule has 0 spiro atoms. The lowest BCUT2D eigenvalue weighted by Gasteiger charge is -2.34. The van der Waals surface area contributed by atoms with Crippen LogP contribution in [-0.2, 0) is 6.54 Å². The Balaban J connectivity index is 1.50. The Morgan fingerprint density at radius 1 is 1.18 bits per heavy atom. The van der Waals surface area contributed by atoms with Crippen LogP contribution in [0.2, 0.25) is 0 Å². The Kier molecular flexibility index (Phi) is 7.43. The number of piperidine rings is 1. The third-order valence-electron chi connectivity index (χ3n) is 5.12. The lowest BCUT2D eigenvalue weighted by atomic mass is 10.0. The minimum Gasteiger partial charge on any atom is -0.354 e. The molecule has 3 rings (SSSR count). The van der Waals surface area contributed by atoms with Crippen LogP contribution >= 0.6 is 0 Å². The number of nitrogens with zero attached hydrogens (tertiary/aromatic N) is 3. The summed E-state index contributed by atoms with van der Waals surface area (Å²) in [5.41, 5.74) is 3.36. The second kappa shape index (κ2) is 10.2. The number of aromatic nitrogens is 1. The fourth-order valence-electron chi connectivity index (χ4n) is 3.72. The average Bonchev–Trinajstić information content (AvgIpc) is 2.73. The van der Waals surface area contributed by atoms with Gasteiger partial charge in [-0.05, 0) is 42.5 Å². The van der Waals surface area contributed by atoms with Crippen LogP contribution in [0.3, 0.4) is 0 Å². The maximum atomic E-state index is 4.44. The molecular weight excluding hydrogens is 346 g/mol. The van der Waals surface area contributed by atoms with Gasteiger partial charge in [-0.25, -0.2) is 0 Å². The molecule has 2 heterocycles. The number of benzene rings is 1. The molecule has 0 atom stereocenters. The summed E-state index contributed by atoms with van der Waals surface area (Å²) in [6.45, 7) is 8.86. The van der Waals surface area contributed by atoms with E-state index in [4.69, 9.17) is 0 Å². The van der Waals surface area contributed by atoms with Gasteiger partial charge in [0.2, 0.25) is 0 Å². The highest BCUT2D eigenvalue weighted by molar-refractivity contribution is 5.80. The zero-order chi connectivity index (χ0) is 19.8. The summed E-state index contributed by atoms with van der Waals surface area (Å²) in [5, 5.41) is 7.06. The molecule has 0 amide bonds. The quantitative estimate of drug-likeness (QED) is 0.595. The van der Waals surface area contributed by atoms with Crippen molar-refractivity contribution in [2.24, 2.45) is 10.9 Å². The summed E-state index contributed by atoms with van der Waals surface area (Å²) in [4.78, 5) is 11.4. The van der Waals surface area contributed by atoms with E-state index in [9.17, 15) is 0 Å². The Bertz CT molecular complexity index is 749. The number of nitrogens with one attached hydrogen (secondary N) is 2. The maximum absolute atomic E-state index is 4.44. The fourth-order valence-corrected chi connectivity index (χ4v) is 3.72. The van der Waals surface area contributed by atoms with Crippen molar-refractivity contribution in [2.45, 2.75) is 39.3 Å². The number of rotatable bonds is 6. The van der Waals surface area contributed by atoms with Crippen LogP contribution in [0.25, 0.3) is 11.3 Å². The van der Waals surface area contributed by atoms with E-state index in [-0.39, 0.29) is 0 Å². The lowest BCUT2D eigenvalue weighted by molar-refractivity contribution is 0.187. The molecule has 0 aliphatic carbocycles. The van der Waals surface area contributed by atoms with Gasteiger partial charge in [0.25, 0.3) is 0 Å². The molecule has 0 saturated carbocycles. The third kappa shape index (κ3) is 6.06. The molecule has 0 bridgehead atoms. The first-order valence-corrected chi connectivity index (χ1v) is 10.3. The highest BCUT2D eigenvalue weighted by atomic mass is 15.2. The van der Waals surface area contributed by atoms with E-state index < -0.39 is 0 Å². The van der Waals surface area contributed by atoms with E-state index in [1.807, 2.05) is 31.4 Å². The highest BCUT2D eigenvalue weighted by Crippen LogP contribution is 2.17. The number of guanidine groups is 1. The van der Waals surface area contributed by atoms with Crippen molar-refractivity contribution in [3.8, 4) is 11.3 Å². The van der Waals surface area contributed by atoms with Gasteiger partial charge in [0.05, 0.1) is 5.69 Å². The Morgan fingerprint density at radius 3 is 2.68 bits per heavy atom. The molecule has 0 unspecified atom stereocenters. The molecular formula is C23H33N5. The van der Waals surface area contributed by atoms with Gasteiger partial charge in [-0.15, -0.1) is 0 Å². The van der Waals surface area contributed by atoms with Gasteiger partial charge in [0, 0.05) is 51.0 Å². The lowest BCUT2D eigenvalue weighted by Crippen LogP contribution is -2.48. The van der Waals surface area contributed by atoms with Crippen LogP contribution in [0.4, 0.5) is 0 Å². The molecule has 1 aromatic heterocycles. The molecule has 0 radical (unpaired) electrons. The zero-order valence-electron chi connectivity index (χ0n) is 17.4. The van der Waals surface area contributed by atoms with E-state index in [1.54, 1.807) is 0 Å². The first-order valence-electron chi connectivity index (χ1n) is 10.3. The van der Waals surface area contributed by atoms with Gasteiger partial charge in [-0.1, -0.05) is 38.1 Å².